The summed E-state index contributed by atoms with van der Waals surface area (Å²) in [6.07, 6.45) is 3.72. The van der Waals surface area contributed by atoms with Gasteiger partial charge in [-0.2, -0.15) is 5.10 Å². The zero-order valence-electron chi connectivity index (χ0n) is 10.3. The van der Waals surface area contributed by atoms with Crippen molar-refractivity contribution in [2.75, 3.05) is 6.54 Å². The maximum atomic E-state index is 11.9. The van der Waals surface area contributed by atoms with Gasteiger partial charge in [0, 0.05) is 30.3 Å². The van der Waals surface area contributed by atoms with E-state index in [2.05, 4.69) is 22.0 Å². The molecule has 0 fully saturated rings. The smallest absolute Gasteiger partial charge is 0.298 e. The standard InChI is InChI=1S/C13H17N3O/c1-10(2)5-6-13(17)16-7-3-4-12-11(9-16)8-14-15-12/h8,10H,3-4,7,9H2,1-2H3,(H,14,15). The molecule has 0 unspecified atom stereocenters. The van der Waals surface area contributed by atoms with Crippen LogP contribution in [0.2, 0.25) is 0 Å². The zero-order chi connectivity index (χ0) is 12.3. The van der Waals surface area contributed by atoms with Gasteiger partial charge in [0.15, 0.2) is 0 Å². The van der Waals surface area contributed by atoms with Crippen molar-refractivity contribution in [3.05, 3.63) is 17.5 Å². The SMILES string of the molecule is CC(C)C#CC(=O)N1CCCc2[nH]ncc2C1. The minimum absolute atomic E-state index is 0.0762. The number of aryl methyl sites for hydroxylation is 1. The van der Waals surface area contributed by atoms with E-state index in [1.807, 2.05) is 13.8 Å². The van der Waals surface area contributed by atoms with E-state index in [1.165, 1.54) is 0 Å². The van der Waals surface area contributed by atoms with Crippen LogP contribution >= 0.6 is 0 Å². The Hall–Kier alpha value is -1.76. The summed E-state index contributed by atoms with van der Waals surface area (Å²) in [7, 11) is 0. The van der Waals surface area contributed by atoms with Gasteiger partial charge in [0.2, 0.25) is 0 Å². The first-order valence-corrected chi connectivity index (χ1v) is 5.98. The lowest BCUT2D eigenvalue weighted by molar-refractivity contribution is -0.125. The van der Waals surface area contributed by atoms with Crippen LogP contribution in [-0.4, -0.2) is 27.5 Å². The third kappa shape index (κ3) is 2.88. The second kappa shape index (κ2) is 5.05. The van der Waals surface area contributed by atoms with Crippen LogP contribution in [0.25, 0.3) is 0 Å². The molecule has 1 aromatic rings. The summed E-state index contributed by atoms with van der Waals surface area (Å²) >= 11 is 0. The van der Waals surface area contributed by atoms with E-state index in [1.54, 1.807) is 11.1 Å². The van der Waals surface area contributed by atoms with Crippen molar-refractivity contribution < 1.29 is 4.79 Å². The first-order chi connectivity index (χ1) is 8.16. The van der Waals surface area contributed by atoms with Crippen LogP contribution in [0, 0.1) is 17.8 Å². The van der Waals surface area contributed by atoms with Gasteiger partial charge in [-0.15, -0.1) is 0 Å². The molecule has 0 aromatic carbocycles. The molecule has 0 atom stereocenters. The highest BCUT2D eigenvalue weighted by atomic mass is 16.2. The fourth-order valence-corrected chi connectivity index (χ4v) is 1.88. The average molecular weight is 231 g/mol. The van der Waals surface area contributed by atoms with E-state index in [-0.39, 0.29) is 11.8 Å². The topological polar surface area (TPSA) is 49.0 Å². The van der Waals surface area contributed by atoms with Gasteiger partial charge in [0.1, 0.15) is 0 Å². The molecule has 17 heavy (non-hydrogen) atoms. The number of nitrogens with zero attached hydrogens (tertiary/aromatic N) is 2. The van der Waals surface area contributed by atoms with E-state index in [0.29, 0.717) is 6.54 Å². The maximum absolute atomic E-state index is 11.9. The molecule has 4 heteroatoms. The van der Waals surface area contributed by atoms with Gasteiger partial charge in [0.05, 0.1) is 6.20 Å². The first-order valence-electron chi connectivity index (χ1n) is 5.98. The number of rotatable bonds is 0. The highest BCUT2D eigenvalue weighted by Crippen LogP contribution is 2.15. The number of carbonyl (C=O) groups excluding carboxylic acids is 1. The molecule has 90 valence electrons. The Kier molecular flexibility index (Phi) is 3.48. The van der Waals surface area contributed by atoms with Crippen LogP contribution in [0.5, 0.6) is 0 Å². The molecule has 0 spiro atoms. The van der Waals surface area contributed by atoms with Gasteiger partial charge in [-0.05, 0) is 18.8 Å². The van der Waals surface area contributed by atoms with Crippen molar-refractivity contribution in [1.82, 2.24) is 15.1 Å². The normalized spacial score (nSPS) is 14.9. The lowest BCUT2D eigenvalue weighted by Gasteiger charge is -2.16. The fourth-order valence-electron chi connectivity index (χ4n) is 1.88. The summed E-state index contributed by atoms with van der Waals surface area (Å²) in [5.74, 6) is 5.78. The molecule has 2 heterocycles. The quantitative estimate of drug-likeness (QED) is 0.685. The third-order valence-corrected chi connectivity index (χ3v) is 2.78. The molecular weight excluding hydrogens is 214 g/mol. The molecular formula is C13H17N3O. The van der Waals surface area contributed by atoms with Crippen LogP contribution in [0.4, 0.5) is 0 Å². The van der Waals surface area contributed by atoms with Crippen LogP contribution in [0.1, 0.15) is 31.5 Å². The Balaban J connectivity index is 2.09. The number of aromatic nitrogens is 2. The molecule has 1 amide bonds. The van der Waals surface area contributed by atoms with Crippen molar-refractivity contribution in [3.63, 3.8) is 0 Å². The Morgan fingerprint density at radius 1 is 1.59 bits per heavy atom. The van der Waals surface area contributed by atoms with E-state index < -0.39 is 0 Å². The molecule has 1 aliphatic rings. The Bertz CT molecular complexity index is 464. The molecule has 0 aliphatic carbocycles. The van der Waals surface area contributed by atoms with Crippen molar-refractivity contribution >= 4 is 5.91 Å². The maximum Gasteiger partial charge on any atom is 0.298 e. The number of hydrogen-bond acceptors (Lipinski definition) is 2. The first kappa shape index (κ1) is 11.7. The van der Waals surface area contributed by atoms with Crippen LogP contribution in [0.15, 0.2) is 6.20 Å². The van der Waals surface area contributed by atoms with Crippen molar-refractivity contribution in [3.8, 4) is 11.8 Å². The third-order valence-electron chi connectivity index (χ3n) is 2.78. The minimum atomic E-state index is -0.0762. The number of H-pyrrole nitrogens is 1. The van der Waals surface area contributed by atoms with Gasteiger partial charge in [-0.25, -0.2) is 0 Å². The highest BCUT2D eigenvalue weighted by molar-refractivity contribution is 5.93. The molecule has 4 nitrogen and oxygen atoms in total. The van der Waals surface area contributed by atoms with Gasteiger partial charge >= 0.3 is 0 Å². The summed E-state index contributed by atoms with van der Waals surface area (Å²) in [5.41, 5.74) is 2.26. The van der Waals surface area contributed by atoms with E-state index in [0.717, 1.165) is 30.6 Å². The lowest BCUT2D eigenvalue weighted by Crippen LogP contribution is -2.29. The van der Waals surface area contributed by atoms with E-state index in [4.69, 9.17) is 0 Å². The van der Waals surface area contributed by atoms with Crippen molar-refractivity contribution in [1.29, 1.82) is 0 Å². The van der Waals surface area contributed by atoms with Crippen LogP contribution in [0.3, 0.4) is 0 Å². The number of carbonyl (C=O) groups is 1. The second-order valence-corrected chi connectivity index (χ2v) is 4.63. The van der Waals surface area contributed by atoms with Gasteiger partial charge in [-0.1, -0.05) is 19.8 Å². The number of aromatic amines is 1. The van der Waals surface area contributed by atoms with Gasteiger partial charge in [-0.3, -0.25) is 9.89 Å². The molecule has 0 saturated carbocycles. The minimum Gasteiger partial charge on any atom is -0.327 e. The number of fused-ring (bicyclic) bond motifs is 1. The Morgan fingerprint density at radius 3 is 3.18 bits per heavy atom. The van der Waals surface area contributed by atoms with E-state index >= 15 is 0 Å². The number of nitrogens with one attached hydrogen (secondary N) is 1. The summed E-state index contributed by atoms with van der Waals surface area (Å²) in [6, 6.07) is 0. The fraction of sp³-hybridized carbons (Fsp3) is 0.538. The Morgan fingerprint density at radius 2 is 2.41 bits per heavy atom. The van der Waals surface area contributed by atoms with Crippen molar-refractivity contribution in [2.24, 2.45) is 5.92 Å². The number of hydrogen-bond donors (Lipinski definition) is 1. The second-order valence-electron chi connectivity index (χ2n) is 4.63. The summed E-state index contributed by atoms with van der Waals surface area (Å²) in [6.45, 7) is 5.36. The summed E-state index contributed by atoms with van der Waals surface area (Å²) < 4.78 is 0. The molecule has 1 aliphatic heterocycles. The van der Waals surface area contributed by atoms with E-state index in [9.17, 15) is 4.79 Å². The molecule has 0 radical (unpaired) electrons. The molecule has 0 bridgehead atoms. The van der Waals surface area contributed by atoms with Crippen molar-refractivity contribution in [2.45, 2.75) is 33.2 Å². The predicted molar refractivity (Wildman–Crippen MR) is 64.9 cm³/mol. The largest absolute Gasteiger partial charge is 0.327 e. The molecule has 2 rings (SSSR count). The number of amides is 1. The zero-order valence-corrected chi connectivity index (χ0v) is 10.3. The lowest BCUT2D eigenvalue weighted by atomic mass is 10.2. The summed E-state index contributed by atoms with van der Waals surface area (Å²) in [4.78, 5) is 13.7. The molecule has 1 aromatic heterocycles. The highest BCUT2D eigenvalue weighted by Gasteiger charge is 2.18. The van der Waals surface area contributed by atoms with Gasteiger partial charge in [0.25, 0.3) is 5.91 Å². The molecule has 0 saturated heterocycles. The van der Waals surface area contributed by atoms with Crippen LogP contribution in [-0.2, 0) is 17.8 Å². The van der Waals surface area contributed by atoms with Crippen LogP contribution < -0.4 is 0 Å². The summed E-state index contributed by atoms with van der Waals surface area (Å²) in [5, 5.41) is 7.00. The average Bonchev–Trinajstić information content (AvgIpc) is 2.63. The predicted octanol–water partition coefficient (Wildman–Crippen LogP) is 1.34. The monoisotopic (exact) mass is 231 g/mol. The molecule has 1 N–H and O–H groups in total. The Labute approximate surface area is 101 Å². The van der Waals surface area contributed by atoms with Gasteiger partial charge < -0.3 is 4.90 Å².